The summed E-state index contributed by atoms with van der Waals surface area (Å²) in [7, 11) is 0. The predicted molar refractivity (Wildman–Crippen MR) is 98.0 cm³/mol. The van der Waals surface area contributed by atoms with Crippen LogP contribution < -0.4 is 0 Å². The number of nitrogens with zero attached hydrogens (tertiary/aromatic N) is 5. The first kappa shape index (κ1) is 17.8. The van der Waals surface area contributed by atoms with Crippen LogP contribution in [0.25, 0.3) is 4.96 Å². The number of hydrogen-bond donors (Lipinski definition) is 1. The van der Waals surface area contributed by atoms with Gasteiger partial charge in [0.15, 0.2) is 0 Å². The highest BCUT2D eigenvalue weighted by Crippen LogP contribution is 2.40. The fraction of sp³-hybridized carbons (Fsp3) is 0.471. The molecule has 144 valence electrons. The Hall–Kier alpha value is -2.59. The fourth-order valence-corrected chi connectivity index (χ4v) is 4.47. The van der Waals surface area contributed by atoms with E-state index in [1.54, 1.807) is 25.0 Å². The number of aromatic nitrogens is 3. The van der Waals surface area contributed by atoms with Gasteiger partial charge in [0.1, 0.15) is 17.6 Å². The number of hydrogen-bond acceptors (Lipinski definition) is 8. The van der Waals surface area contributed by atoms with E-state index >= 15 is 0 Å². The number of rotatable bonds is 4. The zero-order valence-corrected chi connectivity index (χ0v) is 16.0. The largest absolute Gasteiger partial charge is 0.492 e. The number of carbonyl (C=O) groups is 1. The second-order valence-corrected chi connectivity index (χ2v) is 7.29. The van der Waals surface area contributed by atoms with E-state index in [4.69, 9.17) is 9.15 Å². The van der Waals surface area contributed by atoms with Crippen LogP contribution in [0.1, 0.15) is 29.4 Å². The van der Waals surface area contributed by atoms with Gasteiger partial charge < -0.3 is 19.2 Å². The van der Waals surface area contributed by atoms with Gasteiger partial charge in [-0.2, -0.15) is 4.52 Å². The minimum absolute atomic E-state index is 0.0739. The molecular formula is C17H21N5O4S. The van der Waals surface area contributed by atoms with E-state index in [1.165, 1.54) is 15.9 Å². The minimum atomic E-state index is -0.288. The highest BCUT2D eigenvalue weighted by Gasteiger charge is 2.34. The van der Waals surface area contributed by atoms with Crippen LogP contribution in [0.15, 0.2) is 22.8 Å². The number of carbonyl (C=O) groups excluding carboxylic acids is 1. The molecule has 4 rings (SSSR count). The molecule has 0 aliphatic carbocycles. The Morgan fingerprint density at radius 2 is 2.19 bits per heavy atom. The third-order valence-electron chi connectivity index (χ3n) is 4.57. The van der Waals surface area contributed by atoms with E-state index in [1.807, 2.05) is 12.1 Å². The number of piperazine rings is 1. The average Bonchev–Trinajstić information content (AvgIpc) is 3.36. The van der Waals surface area contributed by atoms with Crippen molar-refractivity contribution < 1.29 is 19.1 Å². The highest BCUT2D eigenvalue weighted by molar-refractivity contribution is 7.17. The summed E-state index contributed by atoms with van der Waals surface area (Å²) in [6.45, 7) is 6.33. The van der Waals surface area contributed by atoms with Crippen LogP contribution in [0, 0.1) is 6.92 Å². The molecule has 0 bridgehead atoms. The molecule has 1 amide bonds. The van der Waals surface area contributed by atoms with Gasteiger partial charge >= 0.3 is 6.09 Å². The Balaban J connectivity index is 1.62. The standard InChI is InChI=1S/C17H21N5O4S/c1-3-25-17(24)21-8-6-20(7-9-21)13(12-5-4-10-26-12)14-15(23)22-16(27-14)18-11(2)19-22/h4-5,10,13,23H,3,6-9H2,1-2H3. The van der Waals surface area contributed by atoms with Gasteiger partial charge in [-0.05, 0) is 26.0 Å². The summed E-state index contributed by atoms with van der Waals surface area (Å²) in [6, 6.07) is 3.45. The first-order chi connectivity index (χ1) is 13.1. The van der Waals surface area contributed by atoms with Crippen molar-refractivity contribution in [3.63, 3.8) is 0 Å². The smallest absolute Gasteiger partial charge is 0.409 e. The molecule has 1 N–H and O–H groups in total. The molecule has 4 heterocycles. The first-order valence-corrected chi connectivity index (χ1v) is 9.64. The molecule has 3 aromatic heterocycles. The summed E-state index contributed by atoms with van der Waals surface area (Å²) in [6.07, 6.45) is 1.33. The summed E-state index contributed by atoms with van der Waals surface area (Å²) in [5, 5.41) is 15.0. The molecule has 27 heavy (non-hydrogen) atoms. The lowest BCUT2D eigenvalue weighted by atomic mass is 10.1. The lowest BCUT2D eigenvalue weighted by molar-refractivity contribution is 0.0686. The third kappa shape index (κ3) is 3.26. The molecule has 0 spiro atoms. The van der Waals surface area contributed by atoms with E-state index in [0.717, 1.165) is 10.6 Å². The molecule has 1 fully saturated rings. The summed E-state index contributed by atoms with van der Waals surface area (Å²) >= 11 is 1.39. The molecule has 10 heteroatoms. The normalized spacial score (nSPS) is 16.7. The molecule has 1 aliphatic rings. The van der Waals surface area contributed by atoms with E-state index in [9.17, 15) is 9.90 Å². The van der Waals surface area contributed by atoms with Crippen LogP contribution in [0.5, 0.6) is 5.88 Å². The highest BCUT2D eigenvalue weighted by atomic mass is 32.1. The van der Waals surface area contributed by atoms with Crippen molar-refractivity contribution in [2.45, 2.75) is 19.9 Å². The number of amides is 1. The van der Waals surface area contributed by atoms with Gasteiger partial charge in [0.2, 0.25) is 10.8 Å². The Kier molecular flexibility index (Phi) is 4.75. The van der Waals surface area contributed by atoms with Crippen LogP contribution in [0.4, 0.5) is 4.79 Å². The van der Waals surface area contributed by atoms with Crippen LogP contribution in [-0.4, -0.2) is 68.4 Å². The zero-order valence-electron chi connectivity index (χ0n) is 15.2. The number of ether oxygens (including phenoxy) is 1. The monoisotopic (exact) mass is 391 g/mol. The predicted octanol–water partition coefficient (Wildman–Crippen LogP) is 2.26. The second kappa shape index (κ2) is 7.20. The van der Waals surface area contributed by atoms with Crippen molar-refractivity contribution in [1.29, 1.82) is 0 Å². The lowest BCUT2D eigenvalue weighted by Gasteiger charge is -2.37. The lowest BCUT2D eigenvalue weighted by Crippen LogP contribution is -2.49. The number of furan rings is 1. The first-order valence-electron chi connectivity index (χ1n) is 8.82. The number of aryl methyl sites for hydroxylation is 1. The zero-order chi connectivity index (χ0) is 19.0. The van der Waals surface area contributed by atoms with Gasteiger partial charge in [-0.15, -0.1) is 5.10 Å². The average molecular weight is 391 g/mol. The van der Waals surface area contributed by atoms with E-state index in [2.05, 4.69) is 15.0 Å². The number of thiazole rings is 1. The fourth-order valence-electron chi connectivity index (χ4n) is 3.33. The van der Waals surface area contributed by atoms with Crippen molar-refractivity contribution in [2.75, 3.05) is 32.8 Å². The van der Waals surface area contributed by atoms with Crippen molar-refractivity contribution in [2.24, 2.45) is 0 Å². The SMILES string of the molecule is CCOC(=O)N1CCN(C(c2ccco2)c2sc3nc(C)nn3c2O)CC1. The molecule has 0 saturated carbocycles. The van der Waals surface area contributed by atoms with Crippen LogP contribution in [0.2, 0.25) is 0 Å². The number of fused-ring (bicyclic) bond motifs is 1. The summed E-state index contributed by atoms with van der Waals surface area (Å²) in [5.41, 5.74) is 0. The van der Waals surface area contributed by atoms with E-state index in [-0.39, 0.29) is 18.0 Å². The number of aromatic hydroxyl groups is 1. The Labute approximate surface area is 159 Å². The minimum Gasteiger partial charge on any atom is -0.492 e. The van der Waals surface area contributed by atoms with Gasteiger partial charge in [0, 0.05) is 26.2 Å². The van der Waals surface area contributed by atoms with Gasteiger partial charge in [0.25, 0.3) is 0 Å². The van der Waals surface area contributed by atoms with E-state index < -0.39 is 0 Å². The maximum Gasteiger partial charge on any atom is 0.409 e. The summed E-state index contributed by atoms with van der Waals surface area (Å²) in [5.74, 6) is 1.42. The third-order valence-corrected chi connectivity index (χ3v) is 5.64. The van der Waals surface area contributed by atoms with Crippen molar-refractivity contribution >= 4 is 22.4 Å². The molecule has 1 atom stereocenters. The quantitative estimate of drug-likeness (QED) is 0.729. The molecule has 3 aromatic rings. The Morgan fingerprint density at radius 3 is 2.81 bits per heavy atom. The van der Waals surface area contributed by atoms with Crippen molar-refractivity contribution in [3.05, 3.63) is 34.9 Å². The second-order valence-electron chi connectivity index (χ2n) is 6.28. The summed E-state index contributed by atoms with van der Waals surface area (Å²) in [4.78, 5) is 21.6. The molecule has 1 saturated heterocycles. The van der Waals surface area contributed by atoms with Crippen molar-refractivity contribution in [1.82, 2.24) is 24.4 Å². The molecule has 1 aliphatic heterocycles. The topological polar surface area (TPSA) is 96.3 Å². The Bertz CT molecular complexity index is 927. The van der Waals surface area contributed by atoms with Gasteiger partial charge in [-0.1, -0.05) is 11.3 Å². The van der Waals surface area contributed by atoms with E-state index in [0.29, 0.717) is 43.6 Å². The van der Waals surface area contributed by atoms with Crippen molar-refractivity contribution in [3.8, 4) is 5.88 Å². The molecule has 0 radical (unpaired) electrons. The maximum absolute atomic E-state index is 12.0. The van der Waals surface area contributed by atoms with Crippen LogP contribution in [0.3, 0.4) is 0 Å². The van der Waals surface area contributed by atoms with Gasteiger partial charge in [-0.25, -0.2) is 9.78 Å². The van der Waals surface area contributed by atoms with Crippen LogP contribution >= 0.6 is 11.3 Å². The molecule has 9 nitrogen and oxygen atoms in total. The van der Waals surface area contributed by atoms with Gasteiger partial charge in [0.05, 0.1) is 17.7 Å². The molecular weight excluding hydrogens is 370 g/mol. The van der Waals surface area contributed by atoms with Crippen LogP contribution in [-0.2, 0) is 4.74 Å². The summed E-state index contributed by atoms with van der Waals surface area (Å²) < 4.78 is 12.2. The molecule has 0 aromatic carbocycles. The Morgan fingerprint density at radius 1 is 1.41 bits per heavy atom. The maximum atomic E-state index is 12.0. The molecule has 1 unspecified atom stereocenters. The van der Waals surface area contributed by atoms with Gasteiger partial charge in [-0.3, -0.25) is 4.90 Å².